The topological polar surface area (TPSA) is 71.1 Å². The second-order valence-electron chi connectivity index (χ2n) is 5.44. The lowest BCUT2D eigenvalue weighted by atomic mass is 10.1. The summed E-state index contributed by atoms with van der Waals surface area (Å²) in [6.45, 7) is 3.78. The van der Waals surface area contributed by atoms with Gasteiger partial charge in [-0.15, -0.1) is 11.8 Å². The number of carbonyl (C=O) groups is 2. The highest BCUT2D eigenvalue weighted by Crippen LogP contribution is 2.35. The zero-order valence-electron chi connectivity index (χ0n) is 12.9. The summed E-state index contributed by atoms with van der Waals surface area (Å²) in [5, 5.41) is 5.68. The van der Waals surface area contributed by atoms with E-state index < -0.39 is 0 Å². The summed E-state index contributed by atoms with van der Waals surface area (Å²) in [6.07, 6.45) is 3.40. The molecular formula is C17H17N3O2S. The van der Waals surface area contributed by atoms with E-state index in [2.05, 4.69) is 15.6 Å². The first-order valence-corrected chi connectivity index (χ1v) is 8.25. The molecule has 0 fully saturated rings. The van der Waals surface area contributed by atoms with Crippen LogP contribution in [0.1, 0.15) is 35.8 Å². The van der Waals surface area contributed by atoms with Gasteiger partial charge < -0.3 is 10.6 Å². The molecule has 0 saturated carbocycles. The summed E-state index contributed by atoms with van der Waals surface area (Å²) in [4.78, 5) is 29.1. The van der Waals surface area contributed by atoms with Crippen LogP contribution >= 0.6 is 11.8 Å². The van der Waals surface area contributed by atoms with Crippen LogP contribution in [0.3, 0.4) is 0 Å². The highest BCUT2D eigenvalue weighted by molar-refractivity contribution is 8.00. The van der Waals surface area contributed by atoms with E-state index in [0.717, 1.165) is 10.5 Å². The van der Waals surface area contributed by atoms with E-state index in [1.165, 1.54) is 11.8 Å². The van der Waals surface area contributed by atoms with Crippen LogP contribution in [0.25, 0.3) is 0 Å². The number of nitrogens with one attached hydrogen (secondary N) is 2. The molecule has 2 unspecified atom stereocenters. The molecule has 3 rings (SSSR count). The first kappa shape index (κ1) is 15.6. The van der Waals surface area contributed by atoms with Crippen LogP contribution in [0.4, 0.5) is 5.69 Å². The van der Waals surface area contributed by atoms with Crippen LogP contribution in [-0.2, 0) is 4.79 Å². The van der Waals surface area contributed by atoms with Crippen molar-refractivity contribution in [1.29, 1.82) is 0 Å². The summed E-state index contributed by atoms with van der Waals surface area (Å²) in [7, 11) is 0. The summed E-state index contributed by atoms with van der Waals surface area (Å²) < 4.78 is 0. The summed E-state index contributed by atoms with van der Waals surface area (Å²) in [5.74, 6) is -0.208. The molecule has 5 nitrogen and oxygen atoms in total. The molecule has 118 valence electrons. The van der Waals surface area contributed by atoms with E-state index in [1.807, 2.05) is 32.0 Å². The van der Waals surface area contributed by atoms with E-state index in [4.69, 9.17) is 0 Å². The largest absolute Gasteiger partial charge is 0.346 e. The number of benzene rings is 1. The second-order valence-corrected chi connectivity index (χ2v) is 6.82. The normalized spacial score (nSPS) is 17.8. The fourth-order valence-corrected chi connectivity index (χ4v) is 3.30. The minimum atomic E-state index is -0.171. The van der Waals surface area contributed by atoms with Gasteiger partial charge in [0.1, 0.15) is 0 Å². The quantitative estimate of drug-likeness (QED) is 0.909. The van der Waals surface area contributed by atoms with Gasteiger partial charge in [0.05, 0.1) is 17.0 Å². The third-order valence-corrected chi connectivity index (χ3v) is 4.90. The number of hydrogen-bond donors (Lipinski definition) is 2. The number of nitrogens with zero attached hydrogens (tertiary/aromatic N) is 1. The highest BCUT2D eigenvalue weighted by atomic mass is 32.2. The average molecular weight is 327 g/mol. The van der Waals surface area contributed by atoms with Crippen molar-refractivity contribution in [1.82, 2.24) is 10.3 Å². The zero-order chi connectivity index (χ0) is 16.4. The van der Waals surface area contributed by atoms with Gasteiger partial charge in [-0.25, -0.2) is 0 Å². The number of anilines is 1. The first-order valence-electron chi connectivity index (χ1n) is 7.37. The Balaban J connectivity index is 1.76. The molecule has 0 bridgehead atoms. The number of fused-ring (bicyclic) bond motifs is 1. The van der Waals surface area contributed by atoms with Crippen molar-refractivity contribution in [2.24, 2.45) is 0 Å². The molecule has 1 aromatic heterocycles. The van der Waals surface area contributed by atoms with Crippen molar-refractivity contribution >= 4 is 29.3 Å². The Kier molecular flexibility index (Phi) is 4.34. The average Bonchev–Trinajstić information content (AvgIpc) is 2.56. The molecule has 0 aliphatic carbocycles. The van der Waals surface area contributed by atoms with Crippen molar-refractivity contribution in [3.63, 3.8) is 0 Å². The predicted molar refractivity (Wildman–Crippen MR) is 90.5 cm³/mol. The van der Waals surface area contributed by atoms with Gasteiger partial charge in [-0.05, 0) is 49.7 Å². The van der Waals surface area contributed by atoms with E-state index in [-0.39, 0.29) is 23.1 Å². The molecule has 2 amide bonds. The van der Waals surface area contributed by atoms with Crippen molar-refractivity contribution in [3.8, 4) is 0 Å². The number of rotatable bonds is 3. The first-order chi connectivity index (χ1) is 11.0. The number of hydrogen-bond acceptors (Lipinski definition) is 4. The van der Waals surface area contributed by atoms with Crippen LogP contribution < -0.4 is 10.6 Å². The Morgan fingerprint density at radius 1 is 1.30 bits per heavy atom. The lowest BCUT2D eigenvalue weighted by Crippen LogP contribution is -2.28. The standard InChI is InChI=1S/C17H17N3O2S/c1-10(12-5-7-18-8-6-12)19-17(22)13-3-4-15-14(9-13)20-16(21)11(2)23-15/h3-11H,1-2H3,(H,19,22)(H,20,21). The Morgan fingerprint density at radius 3 is 2.78 bits per heavy atom. The van der Waals surface area contributed by atoms with Crippen molar-refractivity contribution in [2.75, 3.05) is 5.32 Å². The van der Waals surface area contributed by atoms with Gasteiger partial charge in [-0.1, -0.05) is 0 Å². The molecule has 6 heteroatoms. The molecule has 0 spiro atoms. The van der Waals surface area contributed by atoms with Crippen molar-refractivity contribution in [2.45, 2.75) is 30.0 Å². The second kappa shape index (κ2) is 6.42. The third kappa shape index (κ3) is 3.37. The molecule has 23 heavy (non-hydrogen) atoms. The molecule has 2 N–H and O–H groups in total. The smallest absolute Gasteiger partial charge is 0.251 e. The Morgan fingerprint density at radius 2 is 2.04 bits per heavy atom. The highest BCUT2D eigenvalue weighted by Gasteiger charge is 2.24. The fraction of sp³-hybridized carbons (Fsp3) is 0.235. The Hall–Kier alpha value is -2.34. The van der Waals surface area contributed by atoms with E-state index in [1.54, 1.807) is 24.5 Å². The number of amides is 2. The monoisotopic (exact) mass is 327 g/mol. The SMILES string of the molecule is CC1Sc2ccc(C(=O)NC(C)c3ccncc3)cc2NC1=O. The van der Waals surface area contributed by atoms with Crippen LogP contribution in [0.15, 0.2) is 47.6 Å². The van der Waals surface area contributed by atoms with Crippen LogP contribution in [0, 0.1) is 0 Å². The zero-order valence-corrected chi connectivity index (χ0v) is 13.7. The van der Waals surface area contributed by atoms with Crippen LogP contribution in [0.5, 0.6) is 0 Å². The van der Waals surface area contributed by atoms with Gasteiger partial charge in [-0.3, -0.25) is 14.6 Å². The van der Waals surface area contributed by atoms with Gasteiger partial charge in [0.15, 0.2) is 0 Å². The fourth-order valence-electron chi connectivity index (χ4n) is 2.37. The van der Waals surface area contributed by atoms with Gasteiger partial charge in [0.25, 0.3) is 5.91 Å². The van der Waals surface area contributed by atoms with Crippen molar-refractivity contribution < 1.29 is 9.59 Å². The van der Waals surface area contributed by atoms with Crippen LogP contribution in [0.2, 0.25) is 0 Å². The maximum atomic E-state index is 12.4. The molecule has 1 aromatic carbocycles. The molecule has 0 radical (unpaired) electrons. The number of carbonyl (C=O) groups excluding carboxylic acids is 2. The molecule has 0 saturated heterocycles. The Labute approximate surface area is 138 Å². The van der Waals surface area contributed by atoms with E-state index in [9.17, 15) is 9.59 Å². The molecule has 2 heterocycles. The van der Waals surface area contributed by atoms with Gasteiger partial charge >= 0.3 is 0 Å². The summed E-state index contributed by atoms with van der Waals surface area (Å²) in [6, 6.07) is 9.00. The summed E-state index contributed by atoms with van der Waals surface area (Å²) >= 11 is 1.50. The van der Waals surface area contributed by atoms with Gasteiger partial charge in [-0.2, -0.15) is 0 Å². The van der Waals surface area contributed by atoms with Crippen LogP contribution in [-0.4, -0.2) is 22.0 Å². The lowest BCUT2D eigenvalue weighted by molar-refractivity contribution is -0.115. The van der Waals surface area contributed by atoms with E-state index >= 15 is 0 Å². The molecule has 1 aliphatic rings. The third-order valence-electron chi connectivity index (χ3n) is 3.73. The minimum absolute atomic E-state index is 0.0368. The molecule has 2 aromatic rings. The predicted octanol–water partition coefficient (Wildman–Crippen LogP) is 3.01. The van der Waals surface area contributed by atoms with Gasteiger partial charge in [0, 0.05) is 22.9 Å². The molecule has 2 atom stereocenters. The summed E-state index contributed by atoms with van der Waals surface area (Å²) in [5.41, 5.74) is 2.21. The van der Waals surface area contributed by atoms with E-state index in [0.29, 0.717) is 11.3 Å². The maximum Gasteiger partial charge on any atom is 0.251 e. The van der Waals surface area contributed by atoms with Crippen molar-refractivity contribution in [3.05, 3.63) is 53.9 Å². The number of thioether (sulfide) groups is 1. The minimum Gasteiger partial charge on any atom is -0.346 e. The number of pyridine rings is 1. The lowest BCUT2D eigenvalue weighted by Gasteiger charge is -2.22. The number of aromatic nitrogens is 1. The molecular weight excluding hydrogens is 310 g/mol. The Bertz CT molecular complexity index is 749. The molecule has 1 aliphatic heterocycles. The van der Waals surface area contributed by atoms with Gasteiger partial charge in [0.2, 0.25) is 5.91 Å². The maximum absolute atomic E-state index is 12.4.